The Balaban J connectivity index is 2.09. The highest BCUT2D eigenvalue weighted by atomic mass is 16.5. The Morgan fingerprint density at radius 3 is 2.62 bits per heavy atom. The lowest BCUT2D eigenvalue weighted by atomic mass is 10.1. The van der Waals surface area contributed by atoms with Gasteiger partial charge in [0.25, 0.3) is 5.91 Å². The number of esters is 1. The van der Waals surface area contributed by atoms with Crippen LogP contribution in [0.5, 0.6) is 0 Å². The Labute approximate surface area is 140 Å². The normalized spacial score (nSPS) is 15.5. The molecule has 0 saturated heterocycles. The van der Waals surface area contributed by atoms with Crippen LogP contribution in [0.3, 0.4) is 0 Å². The summed E-state index contributed by atoms with van der Waals surface area (Å²) in [5.74, 6) is -1.09. The lowest BCUT2D eigenvalue weighted by Crippen LogP contribution is -2.47. The molecule has 1 atom stereocenters. The maximum absolute atomic E-state index is 12.4. The average molecular weight is 331 g/mol. The Hall–Kier alpha value is -2.70. The fraction of sp³-hybridized carbons (Fsp3) is 0.412. The van der Waals surface area contributed by atoms with Crippen LogP contribution in [0.1, 0.15) is 25.3 Å². The molecule has 0 unspecified atom stereocenters. The van der Waals surface area contributed by atoms with Gasteiger partial charge >= 0.3 is 5.97 Å². The van der Waals surface area contributed by atoms with E-state index in [0.29, 0.717) is 6.42 Å². The van der Waals surface area contributed by atoms with E-state index >= 15 is 0 Å². The Bertz CT molecular complexity index is 642. The van der Waals surface area contributed by atoms with Gasteiger partial charge in [-0.25, -0.2) is 9.80 Å². The number of amides is 2. The summed E-state index contributed by atoms with van der Waals surface area (Å²) in [6.07, 6.45) is 0.814. The van der Waals surface area contributed by atoms with E-state index in [2.05, 4.69) is 10.4 Å². The molecule has 1 aromatic rings. The summed E-state index contributed by atoms with van der Waals surface area (Å²) < 4.78 is 5.04. The number of carbonyl (C=O) groups excluding carboxylic acids is 3. The number of carbonyl (C=O) groups is 3. The minimum absolute atomic E-state index is 0.141. The van der Waals surface area contributed by atoms with Crippen LogP contribution in [-0.4, -0.2) is 48.2 Å². The molecule has 7 nitrogen and oxygen atoms in total. The predicted molar refractivity (Wildman–Crippen MR) is 88.1 cm³/mol. The minimum atomic E-state index is -0.800. The smallest absolute Gasteiger partial charge is 0.328 e. The summed E-state index contributed by atoms with van der Waals surface area (Å²) in [5.41, 5.74) is 1.15. The van der Waals surface area contributed by atoms with Gasteiger partial charge in [0.05, 0.1) is 6.61 Å². The zero-order chi connectivity index (χ0) is 17.5. The molecule has 2 amide bonds. The molecule has 0 aromatic heterocycles. The van der Waals surface area contributed by atoms with Gasteiger partial charge in [-0.3, -0.25) is 9.59 Å². The molecule has 0 radical (unpaired) electrons. The van der Waals surface area contributed by atoms with Crippen molar-refractivity contribution in [3.63, 3.8) is 0 Å². The van der Waals surface area contributed by atoms with E-state index in [1.807, 2.05) is 30.3 Å². The van der Waals surface area contributed by atoms with Crippen molar-refractivity contribution in [2.45, 2.75) is 32.2 Å². The number of hydrazone groups is 1. The van der Waals surface area contributed by atoms with Crippen molar-refractivity contribution in [1.82, 2.24) is 10.3 Å². The quantitative estimate of drug-likeness (QED) is 0.784. The number of hydrogen-bond acceptors (Lipinski definition) is 5. The molecule has 0 bridgehead atoms. The number of nitrogens with zero attached hydrogens (tertiary/aromatic N) is 2. The van der Waals surface area contributed by atoms with Crippen LogP contribution in [0, 0.1) is 0 Å². The highest BCUT2D eigenvalue weighted by Gasteiger charge is 2.27. The monoisotopic (exact) mass is 331 g/mol. The van der Waals surface area contributed by atoms with Gasteiger partial charge in [-0.2, -0.15) is 5.10 Å². The summed E-state index contributed by atoms with van der Waals surface area (Å²) >= 11 is 0. The first kappa shape index (κ1) is 17.7. The van der Waals surface area contributed by atoms with Crippen LogP contribution >= 0.6 is 0 Å². The average Bonchev–Trinajstić information content (AvgIpc) is 2.57. The molecule has 0 fully saturated rings. The number of ether oxygens (including phenoxy) is 1. The summed E-state index contributed by atoms with van der Waals surface area (Å²) in [7, 11) is 1.50. The Morgan fingerprint density at radius 1 is 1.29 bits per heavy atom. The van der Waals surface area contributed by atoms with Crippen molar-refractivity contribution >= 4 is 23.5 Å². The molecule has 0 spiro atoms. The molecule has 0 saturated carbocycles. The van der Waals surface area contributed by atoms with Crippen LogP contribution < -0.4 is 5.32 Å². The molecule has 0 aliphatic carbocycles. The van der Waals surface area contributed by atoms with Crippen LogP contribution in [-0.2, 0) is 25.5 Å². The van der Waals surface area contributed by atoms with E-state index in [1.165, 1.54) is 7.05 Å². The first-order valence-electron chi connectivity index (χ1n) is 7.86. The fourth-order valence-corrected chi connectivity index (χ4v) is 2.36. The van der Waals surface area contributed by atoms with E-state index < -0.39 is 17.9 Å². The van der Waals surface area contributed by atoms with Gasteiger partial charge in [-0.1, -0.05) is 30.3 Å². The number of hydrogen-bond donors (Lipinski definition) is 1. The van der Waals surface area contributed by atoms with Crippen molar-refractivity contribution in [3.05, 3.63) is 35.9 Å². The maximum atomic E-state index is 12.4. The molecule has 1 N–H and O–H groups in total. The molecule has 2 rings (SSSR count). The summed E-state index contributed by atoms with van der Waals surface area (Å²) in [6, 6.07) is 8.57. The van der Waals surface area contributed by atoms with Crippen LogP contribution in [0.2, 0.25) is 0 Å². The van der Waals surface area contributed by atoms with Gasteiger partial charge in [-0.05, 0) is 12.5 Å². The third-order valence-corrected chi connectivity index (χ3v) is 3.63. The van der Waals surface area contributed by atoms with Gasteiger partial charge in [0.1, 0.15) is 11.8 Å². The highest BCUT2D eigenvalue weighted by molar-refractivity contribution is 6.39. The zero-order valence-corrected chi connectivity index (χ0v) is 13.8. The van der Waals surface area contributed by atoms with E-state index in [-0.39, 0.29) is 31.1 Å². The van der Waals surface area contributed by atoms with Gasteiger partial charge in [0, 0.05) is 26.3 Å². The molecular formula is C17H21N3O4. The largest absolute Gasteiger partial charge is 0.464 e. The molecule has 128 valence electrons. The minimum Gasteiger partial charge on any atom is -0.464 e. The third-order valence-electron chi connectivity index (χ3n) is 3.63. The molecule has 24 heavy (non-hydrogen) atoms. The zero-order valence-electron chi connectivity index (χ0n) is 13.8. The van der Waals surface area contributed by atoms with Crippen LogP contribution in [0.15, 0.2) is 35.4 Å². The number of nitrogens with one attached hydrogen (secondary N) is 1. The maximum Gasteiger partial charge on any atom is 0.328 e. The molecule has 1 aromatic carbocycles. The molecule has 1 aliphatic heterocycles. The summed E-state index contributed by atoms with van der Waals surface area (Å²) in [5, 5.41) is 7.79. The van der Waals surface area contributed by atoms with E-state index in [9.17, 15) is 14.4 Å². The van der Waals surface area contributed by atoms with Gasteiger partial charge in [-0.15, -0.1) is 0 Å². The van der Waals surface area contributed by atoms with E-state index in [4.69, 9.17) is 4.74 Å². The molecule has 7 heteroatoms. The van der Waals surface area contributed by atoms with Crippen molar-refractivity contribution in [2.75, 3.05) is 13.7 Å². The summed E-state index contributed by atoms with van der Waals surface area (Å²) in [6.45, 7) is 1.95. The number of benzene rings is 1. The second-order valence-electron chi connectivity index (χ2n) is 5.43. The second-order valence-corrected chi connectivity index (χ2v) is 5.43. The lowest BCUT2D eigenvalue weighted by Gasteiger charge is -2.21. The molecule has 1 aliphatic rings. The van der Waals surface area contributed by atoms with E-state index in [0.717, 1.165) is 10.6 Å². The van der Waals surface area contributed by atoms with Crippen molar-refractivity contribution in [1.29, 1.82) is 0 Å². The van der Waals surface area contributed by atoms with Crippen molar-refractivity contribution in [3.8, 4) is 0 Å². The van der Waals surface area contributed by atoms with Crippen molar-refractivity contribution in [2.24, 2.45) is 5.10 Å². The van der Waals surface area contributed by atoms with Crippen LogP contribution in [0.25, 0.3) is 0 Å². The third kappa shape index (κ3) is 4.65. The highest BCUT2D eigenvalue weighted by Crippen LogP contribution is 2.09. The van der Waals surface area contributed by atoms with Gasteiger partial charge in [0.2, 0.25) is 5.91 Å². The first-order chi connectivity index (χ1) is 11.5. The standard InChI is InChI=1S/C17H21N3O4/c1-3-24-17(23)14(11-12-7-5-4-6-8-12)18-16(22)13-9-10-15(21)20(2)19-13/h4-8,14H,3,9-11H2,1-2H3,(H,18,22)/t14-/m0/s1. The van der Waals surface area contributed by atoms with E-state index in [1.54, 1.807) is 6.92 Å². The van der Waals surface area contributed by atoms with Gasteiger partial charge in [0.15, 0.2) is 0 Å². The van der Waals surface area contributed by atoms with Gasteiger partial charge < -0.3 is 10.1 Å². The first-order valence-corrected chi connectivity index (χ1v) is 7.86. The Kier molecular flexibility index (Phi) is 6.06. The molecular weight excluding hydrogens is 310 g/mol. The topological polar surface area (TPSA) is 88.1 Å². The Morgan fingerprint density at radius 2 is 2.00 bits per heavy atom. The summed E-state index contributed by atoms with van der Waals surface area (Å²) in [4.78, 5) is 35.9. The van der Waals surface area contributed by atoms with Crippen molar-refractivity contribution < 1.29 is 19.1 Å². The number of rotatable bonds is 6. The SMILES string of the molecule is CCOC(=O)[C@H](Cc1ccccc1)NC(=O)C1=NN(C)C(=O)CC1. The fourth-order valence-electron chi connectivity index (χ4n) is 2.36. The van der Waals surface area contributed by atoms with Crippen LogP contribution in [0.4, 0.5) is 0 Å². The second kappa shape index (κ2) is 8.24. The lowest BCUT2D eigenvalue weighted by molar-refractivity contribution is -0.146. The molecule has 1 heterocycles. The predicted octanol–water partition coefficient (Wildman–Crippen LogP) is 0.885.